The molecule has 2 aromatic heterocycles. The minimum absolute atomic E-state index is 0.0824. The third-order valence-corrected chi connectivity index (χ3v) is 2.89. The van der Waals surface area contributed by atoms with E-state index in [1.54, 1.807) is 6.92 Å². The number of thiazole rings is 1. The molecule has 2 N–H and O–H groups in total. The van der Waals surface area contributed by atoms with E-state index >= 15 is 0 Å². The molecule has 2 aromatic rings. The van der Waals surface area contributed by atoms with Crippen molar-refractivity contribution in [3.8, 4) is 0 Å². The number of carboxylic acid groups (broad SMARTS) is 1. The van der Waals surface area contributed by atoms with Crippen molar-refractivity contribution in [1.29, 1.82) is 0 Å². The summed E-state index contributed by atoms with van der Waals surface area (Å²) in [4.78, 5) is 34.4. The number of hydrogen-bond donors (Lipinski definition) is 2. The van der Waals surface area contributed by atoms with E-state index < -0.39 is 11.9 Å². The first-order chi connectivity index (χ1) is 8.58. The fraction of sp³-hybridized carbons (Fsp3) is 0.100. The summed E-state index contributed by atoms with van der Waals surface area (Å²) in [6, 6.07) is 0. The van der Waals surface area contributed by atoms with Crippen LogP contribution in [0, 0.1) is 6.92 Å². The molecule has 92 valence electrons. The Morgan fingerprint density at radius 3 is 2.61 bits per heavy atom. The average Bonchev–Trinajstić information content (AvgIpc) is 2.76. The van der Waals surface area contributed by atoms with Crippen LogP contribution in [0.2, 0.25) is 0 Å². The zero-order chi connectivity index (χ0) is 13.1. The molecular weight excluding hydrogens is 256 g/mol. The average molecular weight is 264 g/mol. The van der Waals surface area contributed by atoms with E-state index in [2.05, 4.69) is 20.3 Å². The van der Waals surface area contributed by atoms with Crippen LogP contribution in [0.1, 0.15) is 25.2 Å². The molecule has 0 fully saturated rings. The smallest absolute Gasteiger partial charge is 0.358 e. The number of nitrogens with one attached hydrogen (secondary N) is 1. The number of hydrogen-bond acceptors (Lipinski definition) is 6. The van der Waals surface area contributed by atoms with Crippen molar-refractivity contribution in [3.05, 3.63) is 34.2 Å². The minimum Gasteiger partial charge on any atom is -0.476 e. The molecule has 0 saturated carbocycles. The number of rotatable bonds is 3. The van der Waals surface area contributed by atoms with Crippen LogP contribution < -0.4 is 5.32 Å². The van der Waals surface area contributed by atoms with E-state index in [-0.39, 0.29) is 11.5 Å². The number of carbonyl (C=O) groups is 2. The van der Waals surface area contributed by atoms with Gasteiger partial charge in [0.15, 0.2) is 11.5 Å². The summed E-state index contributed by atoms with van der Waals surface area (Å²) in [7, 11) is 0. The number of anilines is 1. The van der Waals surface area contributed by atoms with Crippen molar-refractivity contribution in [1.82, 2.24) is 15.0 Å². The number of nitrogens with zero attached hydrogens (tertiary/aromatic N) is 3. The maximum atomic E-state index is 11.8. The lowest BCUT2D eigenvalue weighted by atomic mass is 10.4. The second kappa shape index (κ2) is 4.88. The van der Waals surface area contributed by atoms with E-state index in [4.69, 9.17) is 5.11 Å². The van der Waals surface area contributed by atoms with Gasteiger partial charge in [0.25, 0.3) is 5.91 Å². The van der Waals surface area contributed by atoms with Crippen LogP contribution >= 0.6 is 11.3 Å². The monoisotopic (exact) mass is 264 g/mol. The molecule has 0 aromatic carbocycles. The van der Waals surface area contributed by atoms with Crippen LogP contribution in [0.25, 0.3) is 0 Å². The molecule has 0 aliphatic carbocycles. The van der Waals surface area contributed by atoms with Crippen LogP contribution in [-0.2, 0) is 0 Å². The Hall–Kier alpha value is -2.35. The van der Waals surface area contributed by atoms with Crippen molar-refractivity contribution < 1.29 is 14.7 Å². The lowest BCUT2D eigenvalue weighted by molar-refractivity contribution is 0.0691. The van der Waals surface area contributed by atoms with Gasteiger partial charge in [-0.2, -0.15) is 0 Å². The molecule has 0 unspecified atom stereocenters. The van der Waals surface area contributed by atoms with Gasteiger partial charge in [0.1, 0.15) is 4.88 Å². The van der Waals surface area contributed by atoms with E-state index in [9.17, 15) is 9.59 Å². The first-order valence-electron chi connectivity index (χ1n) is 4.86. The highest BCUT2D eigenvalue weighted by atomic mass is 32.1. The maximum absolute atomic E-state index is 11.8. The van der Waals surface area contributed by atoms with Crippen molar-refractivity contribution >= 4 is 29.0 Å². The molecule has 2 rings (SSSR count). The molecule has 1 amide bonds. The topological polar surface area (TPSA) is 105 Å². The number of aromatic nitrogens is 3. The highest BCUT2D eigenvalue weighted by molar-refractivity contribution is 7.13. The summed E-state index contributed by atoms with van der Waals surface area (Å²) >= 11 is 1.21. The molecule has 0 aliphatic heterocycles. The van der Waals surface area contributed by atoms with Crippen LogP contribution in [0.5, 0.6) is 0 Å². The van der Waals surface area contributed by atoms with Crippen molar-refractivity contribution in [2.24, 2.45) is 0 Å². The van der Waals surface area contributed by atoms with Gasteiger partial charge in [0.05, 0.1) is 11.2 Å². The van der Waals surface area contributed by atoms with E-state index in [0.29, 0.717) is 4.88 Å². The first-order valence-corrected chi connectivity index (χ1v) is 5.67. The van der Waals surface area contributed by atoms with Crippen LogP contribution in [-0.4, -0.2) is 31.9 Å². The number of carbonyl (C=O) groups excluding carboxylic acids is 1. The molecule has 0 atom stereocenters. The Balaban J connectivity index is 2.24. The molecule has 18 heavy (non-hydrogen) atoms. The fourth-order valence-electron chi connectivity index (χ4n) is 1.22. The molecule has 0 saturated heterocycles. The number of amides is 1. The molecule has 0 bridgehead atoms. The highest BCUT2D eigenvalue weighted by Crippen LogP contribution is 2.15. The van der Waals surface area contributed by atoms with Crippen LogP contribution in [0.3, 0.4) is 0 Å². The molecule has 7 nitrogen and oxygen atoms in total. The van der Waals surface area contributed by atoms with Crippen molar-refractivity contribution in [2.45, 2.75) is 6.92 Å². The molecular formula is C10H8N4O3S. The van der Waals surface area contributed by atoms with Gasteiger partial charge in [-0.15, -0.1) is 11.3 Å². The third-order valence-electron chi connectivity index (χ3n) is 1.98. The Morgan fingerprint density at radius 2 is 2.00 bits per heavy atom. The summed E-state index contributed by atoms with van der Waals surface area (Å²) in [6.07, 6.45) is 3.97. The van der Waals surface area contributed by atoms with Gasteiger partial charge >= 0.3 is 5.97 Å². The van der Waals surface area contributed by atoms with Gasteiger partial charge in [0.2, 0.25) is 0 Å². The Labute approximate surface area is 106 Å². The van der Waals surface area contributed by atoms with Crippen LogP contribution in [0.4, 0.5) is 5.82 Å². The van der Waals surface area contributed by atoms with E-state index in [1.165, 1.54) is 29.9 Å². The second-order valence-electron chi connectivity index (χ2n) is 3.26. The number of carboxylic acids is 1. The van der Waals surface area contributed by atoms with E-state index in [0.717, 1.165) is 5.01 Å². The predicted octanol–water partition coefficient (Wildman–Crippen LogP) is 1.19. The Morgan fingerprint density at radius 1 is 1.28 bits per heavy atom. The number of aromatic carboxylic acids is 1. The fourth-order valence-corrected chi connectivity index (χ4v) is 1.89. The Bertz CT molecular complexity index is 611. The van der Waals surface area contributed by atoms with Crippen molar-refractivity contribution in [3.63, 3.8) is 0 Å². The molecule has 8 heteroatoms. The van der Waals surface area contributed by atoms with Gasteiger partial charge in [-0.3, -0.25) is 4.79 Å². The van der Waals surface area contributed by atoms with Gasteiger partial charge in [-0.25, -0.2) is 19.7 Å². The van der Waals surface area contributed by atoms with Gasteiger partial charge in [-0.1, -0.05) is 0 Å². The van der Waals surface area contributed by atoms with Gasteiger partial charge in [0, 0.05) is 12.4 Å². The maximum Gasteiger partial charge on any atom is 0.358 e. The quantitative estimate of drug-likeness (QED) is 0.862. The first kappa shape index (κ1) is 12.1. The predicted molar refractivity (Wildman–Crippen MR) is 63.8 cm³/mol. The summed E-state index contributed by atoms with van der Waals surface area (Å²) in [6.45, 7) is 1.77. The molecule has 0 radical (unpaired) electrons. The van der Waals surface area contributed by atoms with Gasteiger partial charge in [-0.05, 0) is 6.92 Å². The highest BCUT2D eigenvalue weighted by Gasteiger charge is 2.16. The van der Waals surface area contributed by atoms with Crippen molar-refractivity contribution in [2.75, 3.05) is 5.32 Å². The van der Waals surface area contributed by atoms with Gasteiger partial charge < -0.3 is 10.4 Å². The molecule has 0 aliphatic rings. The minimum atomic E-state index is -1.25. The zero-order valence-electron chi connectivity index (χ0n) is 9.25. The SMILES string of the molecule is Cc1ncc(C(=O)Nc2nccnc2C(=O)O)s1. The van der Waals surface area contributed by atoms with E-state index in [1.807, 2.05) is 0 Å². The third kappa shape index (κ3) is 2.48. The summed E-state index contributed by atoms with van der Waals surface area (Å²) in [5.74, 6) is -1.79. The summed E-state index contributed by atoms with van der Waals surface area (Å²) < 4.78 is 0. The normalized spacial score (nSPS) is 10.1. The lowest BCUT2D eigenvalue weighted by Crippen LogP contribution is -2.16. The summed E-state index contributed by atoms with van der Waals surface area (Å²) in [5.41, 5.74) is -0.299. The second-order valence-corrected chi connectivity index (χ2v) is 4.49. The van der Waals surface area contributed by atoms with Crippen LogP contribution in [0.15, 0.2) is 18.6 Å². The zero-order valence-corrected chi connectivity index (χ0v) is 10.1. The standard InChI is InChI=1S/C10H8N4O3S/c1-5-13-4-6(18-5)9(15)14-8-7(10(16)17)11-2-3-12-8/h2-4H,1H3,(H,16,17)(H,12,14,15). The molecule has 0 spiro atoms. The number of aryl methyl sites for hydroxylation is 1. The lowest BCUT2D eigenvalue weighted by Gasteiger charge is -2.04. The largest absolute Gasteiger partial charge is 0.476 e. The Kier molecular flexibility index (Phi) is 3.28. The summed E-state index contributed by atoms with van der Waals surface area (Å²) in [5, 5.41) is 12.0. The molecule has 2 heterocycles.